The first-order valence-electron chi connectivity index (χ1n) is 11.8. The fraction of sp³-hybridized carbons (Fsp3) is 0.167. The average Bonchev–Trinajstić information content (AvgIpc) is 2.93. The van der Waals surface area contributed by atoms with Crippen LogP contribution in [0.5, 0.6) is 5.75 Å². The van der Waals surface area contributed by atoms with Gasteiger partial charge in [0.25, 0.3) is 0 Å². The van der Waals surface area contributed by atoms with Gasteiger partial charge < -0.3 is 14.7 Å². The van der Waals surface area contributed by atoms with E-state index in [1.807, 2.05) is 43.3 Å². The summed E-state index contributed by atoms with van der Waals surface area (Å²) in [5.41, 5.74) is 5.17. The van der Waals surface area contributed by atoms with Crippen LogP contribution >= 0.6 is 11.6 Å². The first-order valence-corrected chi connectivity index (χ1v) is 12.2. The number of hydrogen-bond acceptors (Lipinski definition) is 6. The van der Waals surface area contributed by atoms with Crippen molar-refractivity contribution in [3.63, 3.8) is 0 Å². The minimum atomic E-state index is -0.484. The number of halogens is 2. The average molecular weight is 533 g/mol. The fourth-order valence-electron chi connectivity index (χ4n) is 4.38. The van der Waals surface area contributed by atoms with Crippen molar-refractivity contribution < 1.29 is 23.9 Å². The highest BCUT2D eigenvalue weighted by Gasteiger charge is 2.22. The summed E-state index contributed by atoms with van der Waals surface area (Å²) < 4.78 is 25.3. The minimum absolute atomic E-state index is 0.236. The van der Waals surface area contributed by atoms with Gasteiger partial charge in [0.15, 0.2) is 0 Å². The standard InChI is InChI=1S/C30H26ClFN2O4/c1-18-14-22(12-13-33-18)28(34-36)17-26(24-11-9-23(31)16-27(24)32)20-6-4-19(5-7-20)21-8-10-25(30(35)38-3)29(15-21)37-2/h4-16,26,36H,17H2,1-3H3/b34-28-. The Morgan fingerprint density at radius 2 is 1.76 bits per heavy atom. The van der Waals surface area contributed by atoms with Crippen molar-refractivity contribution in [2.75, 3.05) is 14.2 Å². The van der Waals surface area contributed by atoms with Crippen LogP contribution in [-0.2, 0) is 4.74 Å². The van der Waals surface area contributed by atoms with Crippen molar-refractivity contribution in [3.8, 4) is 16.9 Å². The van der Waals surface area contributed by atoms with E-state index in [9.17, 15) is 10.0 Å². The molecule has 6 nitrogen and oxygen atoms in total. The summed E-state index contributed by atoms with van der Waals surface area (Å²) in [4.78, 5) is 16.2. The summed E-state index contributed by atoms with van der Waals surface area (Å²) in [5.74, 6) is -0.992. The molecule has 0 radical (unpaired) electrons. The predicted molar refractivity (Wildman–Crippen MR) is 145 cm³/mol. The van der Waals surface area contributed by atoms with Gasteiger partial charge in [0.2, 0.25) is 0 Å². The van der Waals surface area contributed by atoms with Crippen LogP contribution in [0.15, 0.2) is 84.1 Å². The van der Waals surface area contributed by atoms with Crippen LogP contribution in [-0.4, -0.2) is 36.1 Å². The molecule has 0 aliphatic heterocycles. The van der Waals surface area contributed by atoms with Gasteiger partial charge in [0.05, 0.1) is 19.9 Å². The lowest BCUT2D eigenvalue weighted by atomic mass is 9.84. The molecule has 1 atom stereocenters. The number of oxime groups is 1. The van der Waals surface area contributed by atoms with E-state index in [2.05, 4.69) is 10.1 Å². The molecule has 1 N–H and O–H groups in total. The molecule has 1 unspecified atom stereocenters. The topological polar surface area (TPSA) is 81.0 Å². The quantitative estimate of drug-likeness (QED) is 0.114. The molecule has 0 amide bonds. The number of hydrogen-bond donors (Lipinski definition) is 1. The van der Waals surface area contributed by atoms with Gasteiger partial charge in [-0.1, -0.05) is 53.2 Å². The highest BCUT2D eigenvalue weighted by molar-refractivity contribution is 6.30. The van der Waals surface area contributed by atoms with Crippen molar-refractivity contribution in [1.29, 1.82) is 0 Å². The fourth-order valence-corrected chi connectivity index (χ4v) is 4.54. The zero-order valence-electron chi connectivity index (χ0n) is 21.1. The van der Waals surface area contributed by atoms with Crippen molar-refractivity contribution in [1.82, 2.24) is 4.98 Å². The first-order chi connectivity index (χ1) is 18.3. The van der Waals surface area contributed by atoms with E-state index in [0.29, 0.717) is 33.2 Å². The van der Waals surface area contributed by atoms with E-state index in [1.54, 1.807) is 36.5 Å². The Bertz CT molecular complexity index is 1490. The number of aryl methyl sites for hydroxylation is 1. The van der Waals surface area contributed by atoms with Crippen molar-refractivity contribution in [3.05, 3.63) is 118 Å². The third-order valence-electron chi connectivity index (χ3n) is 6.34. The predicted octanol–water partition coefficient (Wildman–Crippen LogP) is 7.05. The smallest absolute Gasteiger partial charge is 0.341 e. The van der Waals surface area contributed by atoms with Gasteiger partial charge >= 0.3 is 5.97 Å². The molecule has 1 aromatic heterocycles. The van der Waals surface area contributed by atoms with Crippen LogP contribution < -0.4 is 4.74 Å². The second-order valence-corrected chi connectivity index (χ2v) is 9.12. The molecule has 0 bridgehead atoms. The van der Waals surface area contributed by atoms with Crippen LogP contribution in [0.4, 0.5) is 4.39 Å². The van der Waals surface area contributed by atoms with E-state index in [0.717, 1.165) is 22.4 Å². The molecule has 3 aromatic carbocycles. The number of pyridine rings is 1. The highest BCUT2D eigenvalue weighted by atomic mass is 35.5. The Kier molecular flexibility index (Phi) is 8.38. The third-order valence-corrected chi connectivity index (χ3v) is 6.57. The van der Waals surface area contributed by atoms with Gasteiger partial charge in [-0.25, -0.2) is 9.18 Å². The highest BCUT2D eigenvalue weighted by Crippen LogP contribution is 2.35. The SMILES string of the molecule is COC(=O)c1ccc(-c2ccc(C(C/C(=N/O)c3ccnc(C)c3)c3ccc(Cl)cc3F)cc2)cc1OC. The van der Waals surface area contributed by atoms with Crippen LogP contribution in [0.25, 0.3) is 11.1 Å². The molecule has 0 aliphatic carbocycles. The van der Waals surface area contributed by atoms with Gasteiger partial charge in [0.1, 0.15) is 17.1 Å². The Balaban J connectivity index is 1.72. The number of rotatable bonds is 8. The van der Waals surface area contributed by atoms with E-state index in [-0.39, 0.29) is 6.42 Å². The van der Waals surface area contributed by atoms with E-state index < -0.39 is 17.7 Å². The summed E-state index contributed by atoms with van der Waals surface area (Å²) in [6.45, 7) is 1.85. The maximum Gasteiger partial charge on any atom is 0.341 e. The Morgan fingerprint density at radius 3 is 2.39 bits per heavy atom. The molecule has 0 saturated carbocycles. The molecule has 4 aromatic rings. The first kappa shape index (κ1) is 26.8. The molecule has 0 fully saturated rings. The van der Waals surface area contributed by atoms with Crippen molar-refractivity contribution in [2.45, 2.75) is 19.3 Å². The summed E-state index contributed by atoms with van der Waals surface area (Å²) >= 11 is 6.02. The second kappa shape index (κ2) is 11.9. The number of ether oxygens (including phenoxy) is 2. The van der Waals surface area contributed by atoms with Crippen molar-refractivity contribution >= 4 is 23.3 Å². The third kappa shape index (κ3) is 5.84. The molecular weight excluding hydrogens is 507 g/mol. The van der Waals surface area contributed by atoms with Crippen molar-refractivity contribution in [2.24, 2.45) is 5.16 Å². The summed E-state index contributed by atoms with van der Waals surface area (Å²) in [6.07, 6.45) is 1.88. The summed E-state index contributed by atoms with van der Waals surface area (Å²) in [6, 6.07) is 21.0. The van der Waals surface area contributed by atoms with Crippen LogP contribution in [0.2, 0.25) is 5.02 Å². The lowest BCUT2D eigenvalue weighted by Crippen LogP contribution is -2.12. The Hall–Kier alpha value is -4.23. The van der Waals surface area contributed by atoms with Crippen LogP contribution in [0, 0.1) is 12.7 Å². The number of esters is 1. The maximum absolute atomic E-state index is 15.1. The van der Waals surface area contributed by atoms with Gasteiger partial charge in [0, 0.05) is 34.8 Å². The number of methoxy groups -OCH3 is 2. The number of carbonyl (C=O) groups is 1. The zero-order valence-corrected chi connectivity index (χ0v) is 21.9. The molecule has 0 aliphatic rings. The normalized spacial score (nSPS) is 12.2. The van der Waals surface area contributed by atoms with E-state index in [4.69, 9.17) is 21.1 Å². The number of nitrogens with zero attached hydrogens (tertiary/aromatic N) is 2. The van der Waals surface area contributed by atoms with Gasteiger partial charge in [-0.05, 0) is 65.6 Å². The van der Waals surface area contributed by atoms with Gasteiger partial charge in [-0.2, -0.15) is 0 Å². The Morgan fingerprint density at radius 1 is 1.03 bits per heavy atom. The molecule has 4 rings (SSSR count). The second-order valence-electron chi connectivity index (χ2n) is 8.68. The lowest BCUT2D eigenvalue weighted by molar-refractivity contribution is 0.0597. The van der Waals surface area contributed by atoms with E-state index in [1.165, 1.54) is 20.3 Å². The molecule has 38 heavy (non-hydrogen) atoms. The molecular formula is C30H26ClFN2O4. The zero-order chi connectivity index (χ0) is 27.2. The molecule has 1 heterocycles. The molecule has 8 heteroatoms. The Labute approximate surface area is 225 Å². The lowest BCUT2D eigenvalue weighted by Gasteiger charge is -2.20. The monoisotopic (exact) mass is 532 g/mol. The van der Waals surface area contributed by atoms with Gasteiger partial charge in [-0.3, -0.25) is 4.98 Å². The largest absolute Gasteiger partial charge is 0.496 e. The maximum atomic E-state index is 15.1. The van der Waals surface area contributed by atoms with Crippen LogP contribution in [0.3, 0.4) is 0 Å². The number of benzene rings is 3. The summed E-state index contributed by atoms with van der Waals surface area (Å²) in [5, 5.41) is 13.7. The van der Waals surface area contributed by atoms with Crippen LogP contribution in [0.1, 0.15) is 45.1 Å². The summed E-state index contributed by atoms with van der Waals surface area (Å²) in [7, 11) is 2.81. The minimum Gasteiger partial charge on any atom is -0.496 e. The van der Waals surface area contributed by atoms with Gasteiger partial charge in [-0.15, -0.1) is 0 Å². The number of carbonyl (C=O) groups excluding carboxylic acids is 1. The molecule has 0 saturated heterocycles. The number of aromatic nitrogens is 1. The molecule has 194 valence electrons. The van der Waals surface area contributed by atoms with E-state index >= 15 is 4.39 Å². The molecule has 0 spiro atoms.